The number of thiol groups is 1. The minimum Gasteiger partial charge on any atom is -0.456 e. The van der Waals surface area contributed by atoms with Crippen molar-refractivity contribution in [2.45, 2.75) is 4.90 Å². The molecule has 0 fully saturated rings. The van der Waals surface area contributed by atoms with E-state index in [9.17, 15) is 4.79 Å². The molecule has 0 bridgehead atoms. The van der Waals surface area contributed by atoms with Gasteiger partial charge < -0.3 is 9.32 Å². The highest BCUT2D eigenvalue weighted by Crippen LogP contribution is 2.43. The van der Waals surface area contributed by atoms with E-state index in [-0.39, 0.29) is 10.5 Å². The number of fused-ring (bicyclic) bond motifs is 2. The molecule has 0 spiro atoms. The average Bonchev–Trinajstić information content (AvgIpc) is 3.00. The third kappa shape index (κ3) is 6.28. The number of nitrogens with zero attached hydrogens (tertiary/aromatic N) is 1. The molecule has 4 aromatic rings. The summed E-state index contributed by atoms with van der Waals surface area (Å²) in [4.78, 5) is 15.1. The second-order valence-electron chi connectivity index (χ2n) is 10.5. The molecule has 0 N–H and O–H groups in total. The lowest BCUT2D eigenvalue weighted by Crippen LogP contribution is -2.07. The lowest BCUT2D eigenvalue weighted by atomic mass is 9.93. The van der Waals surface area contributed by atoms with Gasteiger partial charge in [-0.3, -0.25) is 4.79 Å². The topological polar surface area (TPSA) is 33.5 Å². The Hall–Kier alpha value is -4.22. The summed E-state index contributed by atoms with van der Waals surface area (Å²) in [6, 6.07) is 31.5. The van der Waals surface area contributed by atoms with E-state index in [2.05, 4.69) is 77.7 Å². The zero-order chi connectivity index (χ0) is 30.1. The third-order valence-electron chi connectivity index (χ3n) is 7.31. The van der Waals surface area contributed by atoms with Crippen LogP contribution in [0.4, 0.5) is 5.69 Å². The van der Waals surface area contributed by atoms with E-state index in [1.54, 1.807) is 18.2 Å². The highest BCUT2D eigenvalue weighted by Gasteiger charge is 2.20. The van der Waals surface area contributed by atoms with Crippen molar-refractivity contribution in [1.29, 1.82) is 0 Å². The van der Waals surface area contributed by atoms with Crippen molar-refractivity contribution in [3.8, 4) is 22.5 Å². The maximum Gasteiger partial charge on any atom is 0.200 e. The van der Waals surface area contributed by atoms with Crippen LogP contribution >= 0.6 is 35.8 Å². The second-order valence-corrected chi connectivity index (χ2v) is 11.8. The van der Waals surface area contributed by atoms with Crippen LogP contribution in [0.1, 0.15) is 22.3 Å². The predicted octanol–water partition coefficient (Wildman–Crippen LogP) is 10.6. The number of halogens is 2. The molecule has 0 saturated carbocycles. The molecule has 0 unspecified atom stereocenters. The van der Waals surface area contributed by atoms with Crippen LogP contribution in [-0.4, -0.2) is 14.1 Å². The van der Waals surface area contributed by atoms with Gasteiger partial charge in [0, 0.05) is 52.3 Å². The number of benzene rings is 5. The van der Waals surface area contributed by atoms with E-state index in [1.165, 1.54) is 11.8 Å². The van der Waals surface area contributed by atoms with Gasteiger partial charge in [-0.2, -0.15) is 0 Å². The van der Waals surface area contributed by atoms with Crippen LogP contribution in [0.25, 0.3) is 57.7 Å². The van der Waals surface area contributed by atoms with Gasteiger partial charge in [-0.15, -0.1) is 12.6 Å². The Kier molecular flexibility index (Phi) is 8.18. The van der Waals surface area contributed by atoms with E-state index in [1.807, 2.05) is 38.4 Å². The van der Waals surface area contributed by atoms with Crippen LogP contribution in [0.15, 0.2) is 111 Å². The molecular weight excluding hydrogens is 593 g/mol. The minimum absolute atomic E-state index is 0.130. The molecule has 0 atom stereocenters. The first kappa shape index (κ1) is 28.9. The zero-order valence-corrected chi connectivity index (χ0v) is 25.9. The summed E-state index contributed by atoms with van der Waals surface area (Å²) >= 11 is 17.5. The summed E-state index contributed by atoms with van der Waals surface area (Å²) < 4.78 is 6.05. The molecule has 0 amide bonds. The molecule has 6 heteroatoms. The van der Waals surface area contributed by atoms with Gasteiger partial charge >= 0.3 is 0 Å². The number of hydrogen-bond acceptors (Lipinski definition) is 4. The fraction of sp³-hybridized carbons (Fsp3) is 0.0541. The van der Waals surface area contributed by atoms with Crippen molar-refractivity contribution in [2.75, 3.05) is 19.0 Å². The largest absolute Gasteiger partial charge is 0.456 e. The van der Waals surface area contributed by atoms with Gasteiger partial charge in [0.1, 0.15) is 11.3 Å². The maximum absolute atomic E-state index is 12.3. The van der Waals surface area contributed by atoms with Crippen LogP contribution in [0.3, 0.4) is 0 Å². The van der Waals surface area contributed by atoms with Crippen LogP contribution < -0.4 is 10.3 Å². The fourth-order valence-corrected chi connectivity index (χ4v) is 5.68. The van der Waals surface area contributed by atoms with Crippen molar-refractivity contribution in [2.24, 2.45) is 0 Å². The Morgan fingerprint density at radius 2 is 1.26 bits per heavy atom. The van der Waals surface area contributed by atoms with Crippen molar-refractivity contribution in [3.05, 3.63) is 140 Å². The van der Waals surface area contributed by atoms with Crippen molar-refractivity contribution in [3.63, 3.8) is 0 Å². The Morgan fingerprint density at radius 1 is 0.674 bits per heavy atom. The van der Waals surface area contributed by atoms with Crippen LogP contribution in [0, 0.1) is 0 Å². The molecule has 4 aromatic carbocycles. The summed E-state index contributed by atoms with van der Waals surface area (Å²) in [7, 11) is 4.08. The zero-order valence-electron chi connectivity index (χ0n) is 23.5. The first-order valence-electron chi connectivity index (χ1n) is 13.7. The van der Waals surface area contributed by atoms with E-state index in [0.29, 0.717) is 16.4 Å². The molecule has 0 radical (unpaired) electrons. The molecule has 3 nitrogen and oxygen atoms in total. The standard InChI is InChI=1S/C37H27Cl2NO2S/c1-40(2)28-15-11-25(12-16-28)8-7-23-3-5-24(6-4-23)9-10-26-13-17-29(36(43)19-26)37-30-20-27(38)14-18-34(30)42-35-22-33(41)32(39)21-31(35)37/h3-22,43H,1-2H3/b8-7+,10-9+. The summed E-state index contributed by atoms with van der Waals surface area (Å²) in [5, 5.41) is 1.52. The molecule has 0 saturated heterocycles. The summed E-state index contributed by atoms with van der Waals surface area (Å²) in [5.41, 5.74) is 8.37. The average molecular weight is 621 g/mol. The van der Waals surface area contributed by atoms with Crippen LogP contribution in [0.5, 0.6) is 0 Å². The molecule has 1 aliphatic heterocycles. The van der Waals surface area contributed by atoms with E-state index in [0.717, 1.165) is 49.2 Å². The highest BCUT2D eigenvalue weighted by molar-refractivity contribution is 7.80. The second kappa shape index (κ2) is 12.2. The molecule has 43 heavy (non-hydrogen) atoms. The first-order valence-corrected chi connectivity index (χ1v) is 14.9. The first-order chi connectivity index (χ1) is 20.7. The number of anilines is 1. The lowest BCUT2D eigenvalue weighted by molar-refractivity contribution is 0.619. The van der Waals surface area contributed by atoms with Gasteiger partial charge in [-0.1, -0.05) is 96.0 Å². The van der Waals surface area contributed by atoms with Crippen molar-refractivity contribution in [1.82, 2.24) is 0 Å². The van der Waals surface area contributed by atoms with Gasteiger partial charge in [0.2, 0.25) is 5.43 Å². The lowest BCUT2D eigenvalue weighted by Gasteiger charge is -2.17. The molecule has 2 aliphatic rings. The quantitative estimate of drug-likeness (QED) is 0.114. The van der Waals surface area contributed by atoms with Crippen molar-refractivity contribution >= 4 is 76.8 Å². The van der Waals surface area contributed by atoms with E-state index < -0.39 is 0 Å². The molecular formula is C37H27Cl2NO2S. The molecule has 1 aliphatic carbocycles. The Labute approximate surface area is 266 Å². The molecule has 212 valence electrons. The van der Waals surface area contributed by atoms with Gasteiger partial charge in [0.05, 0.1) is 5.02 Å². The molecule has 0 aromatic heterocycles. The maximum atomic E-state index is 12.3. The highest BCUT2D eigenvalue weighted by atomic mass is 35.5. The van der Waals surface area contributed by atoms with Crippen LogP contribution in [0.2, 0.25) is 10.0 Å². The minimum atomic E-state index is -0.289. The summed E-state index contributed by atoms with van der Waals surface area (Å²) in [6.45, 7) is 0. The smallest absolute Gasteiger partial charge is 0.200 e. The van der Waals surface area contributed by atoms with E-state index in [4.69, 9.17) is 40.2 Å². The fourth-order valence-electron chi connectivity index (χ4n) is 5.01. The molecule has 6 rings (SSSR count). The van der Waals surface area contributed by atoms with Gasteiger partial charge in [0.15, 0.2) is 0 Å². The normalized spacial score (nSPS) is 11.7. The Bertz CT molecular complexity index is 2040. The van der Waals surface area contributed by atoms with E-state index >= 15 is 0 Å². The van der Waals surface area contributed by atoms with Crippen molar-refractivity contribution < 1.29 is 4.42 Å². The Morgan fingerprint density at radius 3 is 1.86 bits per heavy atom. The number of hydrogen-bond donors (Lipinski definition) is 1. The van der Waals surface area contributed by atoms with Crippen LogP contribution in [-0.2, 0) is 0 Å². The SMILES string of the molecule is CN(C)c1ccc(/C=C/c2ccc(/C=C/c3ccc(-c4c5cc(Cl)c(=O)cc-5oc5ccc(Cl)cc45)c(S)c3)cc2)cc1. The van der Waals surface area contributed by atoms with Gasteiger partial charge in [-0.05, 0) is 70.3 Å². The Balaban J connectivity index is 1.26. The predicted molar refractivity (Wildman–Crippen MR) is 187 cm³/mol. The molecule has 1 heterocycles. The monoisotopic (exact) mass is 619 g/mol. The summed E-state index contributed by atoms with van der Waals surface area (Å²) in [5.74, 6) is 0.455. The van der Waals surface area contributed by atoms with Gasteiger partial charge in [0.25, 0.3) is 0 Å². The number of rotatable bonds is 6. The summed E-state index contributed by atoms with van der Waals surface area (Å²) in [6.07, 6.45) is 8.38. The van der Waals surface area contributed by atoms with Gasteiger partial charge in [-0.25, -0.2) is 0 Å². The third-order valence-corrected chi connectivity index (χ3v) is 8.21.